The molecule has 2 amide bonds. The van der Waals surface area contributed by atoms with Gasteiger partial charge in [-0.1, -0.05) is 18.0 Å². The summed E-state index contributed by atoms with van der Waals surface area (Å²) in [6, 6.07) is 4.99. The minimum atomic E-state index is -0.146. The lowest BCUT2D eigenvalue weighted by atomic mass is 10.0. The van der Waals surface area contributed by atoms with Crippen molar-refractivity contribution in [1.29, 1.82) is 0 Å². The van der Waals surface area contributed by atoms with Crippen LogP contribution in [-0.2, 0) is 4.79 Å². The van der Waals surface area contributed by atoms with Gasteiger partial charge in [-0.05, 0) is 56.8 Å². The number of nitrogens with one attached hydrogen (secondary N) is 2. The fourth-order valence-electron chi connectivity index (χ4n) is 3.34. The molecule has 0 aliphatic carbocycles. The smallest absolute Gasteiger partial charge is 0.255 e. The molecule has 25 heavy (non-hydrogen) atoms. The van der Waals surface area contributed by atoms with Crippen molar-refractivity contribution in [3.05, 3.63) is 28.8 Å². The molecule has 1 atom stereocenters. The molecule has 2 fully saturated rings. The number of hydrogen-bond acceptors (Lipinski definition) is 3. The highest BCUT2D eigenvalue weighted by Crippen LogP contribution is 2.24. The summed E-state index contributed by atoms with van der Waals surface area (Å²) < 4.78 is 0. The number of amides is 2. The minimum absolute atomic E-state index is 0. The number of halogens is 2. The first-order valence-corrected chi connectivity index (χ1v) is 9.16. The summed E-state index contributed by atoms with van der Waals surface area (Å²) in [6.07, 6.45) is 6.30. The van der Waals surface area contributed by atoms with E-state index < -0.39 is 0 Å². The number of rotatable bonds is 3. The number of benzene rings is 1. The topological polar surface area (TPSA) is 61.4 Å². The van der Waals surface area contributed by atoms with Crippen molar-refractivity contribution in [3.8, 4) is 0 Å². The Morgan fingerprint density at radius 2 is 1.88 bits per heavy atom. The van der Waals surface area contributed by atoms with Crippen LogP contribution in [0.2, 0.25) is 5.02 Å². The van der Waals surface area contributed by atoms with Gasteiger partial charge in [-0.25, -0.2) is 0 Å². The van der Waals surface area contributed by atoms with Gasteiger partial charge in [0, 0.05) is 18.8 Å². The molecule has 0 radical (unpaired) electrons. The van der Waals surface area contributed by atoms with E-state index in [1.165, 1.54) is 6.42 Å². The molecule has 0 aromatic heterocycles. The summed E-state index contributed by atoms with van der Waals surface area (Å²) in [4.78, 5) is 26.7. The molecule has 0 bridgehead atoms. The molecule has 5 nitrogen and oxygen atoms in total. The Morgan fingerprint density at radius 3 is 2.52 bits per heavy atom. The number of carbonyl (C=O) groups is 2. The van der Waals surface area contributed by atoms with Crippen LogP contribution >= 0.6 is 24.0 Å². The van der Waals surface area contributed by atoms with Crippen molar-refractivity contribution in [1.82, 2.24) is 10.2 Å². The highest BCUT2D eigenvalue weighted by Gasteiger charge is 2.22. The van der Waals surface area contributed by atoms with Gasteiger partial charge in [0.25, 0.3) is 5.91 Å². The van der Waals surface area contributed by atoms with Crippen molar-refractivity contribution in [2.75, 3.05) is 25.0 Å². The van der Waals surface area contributed by atoms with Crippen LogP contribution < -0.4 is 10.6 Å². The van der Waals surface area contributed by atoms with E-state index in [2.05, 4.69) is 10.6 Å². The quantitative estimate of drug-likeness (QED) is 0.836. The fraction of sp³-hybridized carbons (Fsp3) is 0.556. The predicted molar refractivity (Wildman–Crippen MR) is 103 cm³/mol. The molecule has 1 aromatic rings. The van der Waals surface area contributed by atoms with Crippen LogP contribution in [0.5, 0.6) is 0 Å². The van der Waals surface area contributed by atoms with E-state index in [4.69, 9.17) is 11.6 Å². The summed E-state index contributed by atoms with van der Waals surface area (Å²) in [5.74, 6) is -0.0626. The lowest BCUT2D eigenvalue weighted by molar-refractivity contribution is -0.118. The second-order valence-corrected chi connectivity index (χ2v) is 6.95. The van der Waals surface area contributed by atoms with Gasteiger partial charge in [-0.15, -0.1) is 12.4 Å². The number of piperidine rings is 2. The summed E-state index contributed by atoms with van der Waals surface area (Å²) in [5, 5.41) is 6.50. The molecule has 2 saturated heterocycles. The predicted octanol–water partition coefficient (Wildman–Crippen LogP) is 3.47. The minimum Gasteiger partial charge on any atom is -0.339 e. The van der Waals surface area contributed by atoms with E-state index >= 15 is 0 Å². The van der Waals surface area contributed by atoms with Crippen molar-refractivity contribution in [2.45, 2.75) is 44.6 Å². The van der Waals surface area contributed by atoms with Gasteiger partial charge in [0.1, 0.15) is 0 Å². The fourth-order valence-corrected chi connectivity index (χ4v) is 3.60. The molecule has 2 aliphatic heterocycles. The highest BCUT2D eigenvalue weighted by molar-refractivity contribution is 6.34. The Balaban J connectivity index is 0.00000225. The van der Waals surface area contributed by atoms with Gasteiger partial charge in [-0.2, -0.15) is 0 Å². The van der Waals surface area contributed by atoms with Crippen molar-refractivity contribution >= 4 is 41.5 Å². The number of likely N-dealkylation sites (tertiary alicyclic amines) is 1. The largest absolute Gasteiger partial charge is 0.339 e. The van der Waals surface area contributed by atoms with E-state index in [1.54, 1.807) is 18.2 Å². The zero-order chi connectivity index (χ0) is 16.9. The van der Waals surface area contributed by atoms with Crippen LogP contribution in [0, 0.1) is 0 Å². The Kier molecular flexibility index (Phi) is 7.54. The number of hydrogen-bond donors (Lipinski definition) is 2. The van der Waals surface area contributed by atoms with Crippen LogP contribution in [0.1, 0.15) is 48.9 Å². The maximum atomic E-state index is 12.5. The third-order valence-electron chi connectivity index (χ3n) is 4.74. The number of carbonyl (C=O) groups excluding carboxylic acids is 2. The number of anilines is 1. The summed E-state index contributed by atoms with van der Waals surface area (Å²) in [7, 11) is 0. The molecule has 138 valence electrons. The standard InChI is InChI=1S/C18H24ClN3O2.ClH/c19-15-12-13(21-17(23)16-6-2-3-9-20-16)7-8-14(15)18(24)22-10-4-1-5-11-22;/h7-8,12,16,20H,1-6,9-11H2,(H,21,23);1H. The second-order valence-electron chi connectivity index (χ2n) is 6.54. The Hall–Kier alpha value is -1.30. The summed E-state index contributed by atoms with van der Waals surface area (Å²) in [6.45, 7) is 2.46. The molecule has 2 heterocycles. The third kappa shape index (κ3) is 5.09. The van der Waals surface area contributed by atoms with E-state index in [0.29, 0.717) is 16.3 Å². The zero-order valence-electron chi connectivity index (χ0n) is 14.2. The van der Waals surface area contributed by atoms with Crippen molar-refractivity contribution in [2.24, 2.45) is 0 Å². The third-order valence-corrected chi connectivity index (χ3v) is 5.05. The molecule has 1 aromatic carbocycles. The van der Waals surface area contributed by atoms with Crippen LogP contribution in [0.3, 0.4) is 0 Å². The lowest BCUT2D eigenvalue weighted by Crippen LogP contribution is -2.43. The van der Waals surface area contributed by atoms with Gasteiger partial charge < -0.3 is 15.5 Å². The molecule has 0 spiro atoms. The maximum Gasteiger partial charge on any atom is 0.255 e. The Morgan fingerprint density at radius 1 is 1.12 bits per heavy atom. The van der Waals surface area contributed by atoms with E-state index in [9.17, 15) is 9.59 Å². The van der Waals surface area contributed by atoms with Crippen LogP contribution in [0.4, 0.5) is 5.69 Å². The molecule has 7 heteroatoms. The van der Waals surface area contributed by atoms with E-state index in [-0.39, 0.29) is 30.3 Å². The first-order valence-electron chi connectivity index (χ1n) is 8.78. The van der Waals surface area contributed by atoms with E-state index in [0.717, 1.165) is 51.7 Å². The van der Waals surface area contributed by atoms with Gasteiger partial charge in [-0.3, -0.25) is 9.59 Å². The highest BCUT2D eigenvalue weighted by atomic mass is 35.5. The zero-order valence-corrected chi connectivity index (χ0v) is 15.8. The molecule has 2 aliphatic rings. The average molecular weight is 386 g/mol. The monoisotopic (exact) mass is 385 g/mol. The second kappa shape index (κ2) is 9.41. The lowest BCUT2D eigenvalue weighted by Gasteiger charge is -2.27. The van der Waals surface area contributed by atoms with Gasteiger partial charge >= 0.3 is 0 Å². The van der Waals surface area contributed by atoms with Gasteiger partial charge in [0.15, 0.2) is 0 Å². The van der Waals surface area contributed by atoms with Crippen LogP contribution in [-0.4, -0.2) is 42.4 Å². The van der Waals surface area contributed by atoms with Gasteiger partial charge in [0.05, 0.1) is 16.6 Å². The molecule has 0 saturated carbocycles. The normalized spacial score (nSPS) is 20.5. The first kappa shape index (κ1) is 20.0. The Bertz CT molecular complexity index is 612. The molecular formula is C18H25Cl2N3O2. The van der Waals surface area contributed by atoms with Gasteiger partial charge in [0.2, 0.25) is 5.91 Å². The van der Waals surface area contributed by atoms with Crippen molar-refractivity contribution < 1.29 is 9.59 Å². The molecule has 2 N–H and O–H groups in total. The molecule has 3 rings (SSSR count). The van der Waals surface area contributed by atoms with E-state index in [1.807, 2.05) is 4.90 Å². The summed E-state index contributed by atoms with van der Waals surface area (Å²) in [5.41, 5.74) is 1.14. The molecular weight excluding hydrogens is 361 g/mol. The SMILES string of the molecule is Cl.O=C(Nc1ccc(C(=O)N2CCCCC2)c(Cl)c1)C1CCCCN1. The maximum absolute atomic E-state index is 12.5. The average Bonchev–Trinajstić information content (AvgIpc) is 2.63. The molecule has 1 unspecified atom stereocenters. The first-order chi connectivity index (χ1) is 11.6. The summed E-state index contributed by atoms with van der Waals surface area (Å²) >= 11 is 6.30. The number of nitrogens with zero attached hydrogens (tertiary/aromatic N) is 1. The van der Waals surface area contributed by atoms with Crippen molar-refractivity contribution in [3.63, 3.8) is 0 Å². The van der Waals surface area contributed by atoms with Crippen LogP contribution in [0.25, 0.3) is 0 Å². The Labute approximate surface area is 159 Å². The van der Waals surface area contributed by atoms with Crippen LogP contribution in [0.15, 0.2) is 18.2 Å².